The molecule has 0 spiro atoms. The number of sulfonamides is 1. The maximum absolute atomic E-state index is 12.9. The van der Waals surface area contributed by atoms with Gasteiger partial charge in [0.05, 0.1) is 10.6 Å². The molecule has 0 aromatic heterocycles. The molecule has 4 rings (SSSR count). The number of hydrogen-bond donors (Lipinski definition) is 1. The van der Waals surface area contributed by atoms with Crippen molar-refractivity contribution in [2.45, 2.75) is 43.9 Å². The summed E-state index contributed by atoms with van der Waals surface area (Å²) in [5.41, 5.74) is 2.74. The number of hydrogen-bond acceptors (Lipinski definition) is 4. The van der Waals surface area contributed by atoms with Gasteiger partial charge in [0.2, 0.25) is 5.91 Å². The van der Waals surface area contributed by atoms with Gasteiger partial charge < -0.3 is 4.90 Å². The van der Waals surface area contributed by atoms with Crippen LogP contribution in [0.15, 0.2) is 47.4 Å². The molecular formula is C22H24N2O4S. The van der Waals surface area contributed by atoms with E-state index in [-0.39, 0.29) is 22.5 Å². The van der Waals surface area contributed by atoms with Gasteiger partial charge >= 0.3 is 0 Å². The number of anilines is 2. The Kier molecular flexibility index (Phi) is 5.17. The lowest BCUT2D eigenvalue weighted by molar-refractivity contribution is -0.122. The van der Waals surface area contributed by atoms with Gasteiger partial charge in [-0.15, -0.1) is 0 Å². The van der Waals surface area contributed by atoms with Crippen molar-refractivity contribution < 1.29 is 18.0 Å². The number of ketones is 1. The molecule has 0 unspecified atom stereocenters. The van der Waals surface area contributed by atoms with Gasteiger partial charge in [-0.1, -0.05) is 31.0 Å². The van der Waals surface area contributed by atoms with Crippen LogP contribution < -0.4 is 9.62 Å². The number of fused-ring (bicyclic) bond motifs is 1. The largest absolute Gasteiger partial charge is 0.312 e. The molecule has 2 aliphatic rings. The number of nitrogens with one attached hydrogen (secondary N) is 1. The zero-order valence-electron chi connectivity index (χ0n) is 16.3. The highest BCUT2D eigenvalue weighted by atomic mass is 32.2. The molecule has 1 N–H and O–H groups in total. The average molecular weight is 413 g/mol. The lowest BCUT2D eigenvalue weighted by Crippen LogP contribution is -2.33. The summed E-state index contributed by atoms with van der Waals surface area (Å²) < 4.78 is 28.1. The Labute approximate surface area is 171 Å². The van der Waals surface area contributed by atoms with Crippen molar-refractivity contribution in [3.8, 4) is 0 Å². The Morgan fingerprint density at radius 2 is 1.72 bits per heavy atom. The van der Waals surface area contributed by atoms with E-state index in [9.17, 15) is 18.0 Å². The minimum atomic E-state index is -3.79. The van der Waals surface area contributed by atoms with Crippen LogP contribution in [-0.2, 0) is 21.2 Å². The molecule has 0 saturated heterocycles. The van der Waals surface area contributed by atoms with Crippen LogP contribution in [0.2, 0.25) is 0 Å². The van der Waals surface area contributed by atoms with Gasteiger partial charge in [-0.2, -0.15) is 0 Å². The highest BCUT2D eigenvalue weighted by Gasteiger charge is 2.32. The first-order chi connectivity index (χ1) is 13.8. The van der Waals surface area contributed by atoms with E-state index in [1.54, 1.807) is 12.1 Å². The fraction of sp³-hybridized carbons (Fsp3) is 0.364. The SMILES string of the molecule is CC(=O)c1ccc(S(=O)(=O)Nc2ccc3c(c2)N(C(=O)C2CCCC2)CC3)cc1. The molecular weight excluding hydrogens is 388 g/mol. The minimum absolute atomic E-state index is 0.0843. The number of carbonyl (C=O) groups is 2. The third-order valence-corrected chi connectivity index (χ3v) is 7.17. The maximum Gasteiger partial charge on any atom is 0.261 e. The summed E-state index contributed by atoms with van der Waals surface area (Å²) in [7, 11) is -3.79. The number of Topliss-reactive ketones (excluding diaryl/α,β-unsaturated/α-hetero) is 1. The standard InChI is InChI=1S/C22H24N2O4S/c1-15(25)16-7-10-20(11-8-16)29(27,28)23-19-9-6-17-12-13-24(21(17)14-19)22(26)18-4-2-3-5-18/h6-11,14,18,23H,2-5,12-13H2,1H3. The minimum Gasteiger partial charge on any atom is -0.312 e. The third-order valence-electron chi connectivity index (χ3n) is 5.77. The molecule has 1 aliphatic heterocycles. The zero-order valence-corrected chi connectivity index (χ0v) is 17.2. The van der Waals surface area contributed by atoms with Crippen LogP contribution in [-0.4, -0.2) is 26.7 Å². The van der Waals surface area contributed by atoms with Crippen molar-refractivity contribution in [2.24, 2.45) is 5.92 Å². The van der Waals surface area contributed by atoms with Crippen LogP contribution >= 0.6 is 0 Å². The van der Waals surface area contributed by atoms with Crippen molar-refractivity contribution in [2.75, 3.05) is 16.2 Å². The maximum atomic E-state index is 12.9. The van der Waals surface area contributed by atoms with Crippen LogP contribution in [0.5, 0.6) is 0 Å². The van der Waals surface area contributed by atoms with Crippen LogP contribution in [0.4, 0.5) is 11.4 Å². The second-order valence-corrected chi connectivity index (χ2v) is 9.43. The summed E-state index contributed by atoms with van der Waals surface area (Å²) >= 11 is 0. The second kappa shape index (κ2) is 7.63. The molecule has 1 heterocycles. The van der Waals surface area contributed by atoms with Gasteiger partial charge in [0.1, 0.15) is 0 Å². The summed E-state index contributed by atoms with van der Waals surface area (Å²) in [4.78, 5) is 26.2. The predicted molar refractivity (Wildman–Crippen MR) is 112 cm³/mol. The number of amides is 1. The van der Waals surface area contributed by atoms with E-state index in [2.05, 4.69) is 4.72 Å². The summed E-state index contributed by atoms with van der Waals surface area (Å²) in [5, 5.41) is 0. The monoisotopic (exact) mass is 412 g/mol. The van der Waals surface area contributed by atoms with E-state index in [0.29, 0.717) is 17.8 Å². The highest BCUT2D eigenvalue weighted by molar-refractivity contribution is 7.92. The van der Waals surface area contributed by atoms with Crippen molar-refractivity contribution >= 4 is 33.1 Å². The van der Waals surface area contributed by atoms with E-state index in [1.807, 2.05) is 11.0 Å². The van der Waals surface area contributed by atoms with E-state index < -0.39 is 10.0 Å². The molecule has 0 atom stereocenters. The lowest BCUT2D eigenvalue weighted by atomic mass is 10.1. The molecule has 2 aromatic carbocycles. The van der Waals surface area contributed by atoms with Gasteiger partial charge in [0.15, 0.2) is 5.78 Å². The molecule has 6 nitrogen and oxygen atoms in total. The normalized spacial score (nSPS) is 16.7. The highest BCUT2D eigenvalue weighted by Crippen LogP contribution is 2.35. The summed E-state index contributed by atoms with van der Waals surface area (Å²) in [6.45, 7) is 2.08. The number of nitrogens with zero attached hydrogens (tertiary/aromatic N) is 1. The Balaban J connectivity index is 1.56. The summed E-state index contributed by atoms with van der Waals surface area (Å²) in [6.07, 6.45) is 4.85. The molecule has 7 heteroatoms. The van der Waals surface area contributed by atoms with Gasteiger partial charge in [0.25, 0.3) is 10.0 Å². The van der Waals surface area contributed by atoms with Crippen molar-refractivity contribution in [1.82, 2.24) is 0 Å². The van der Waals surface area contributed by atoms with Crippen molar-refractivity contribution in [3.05, 3.63) is 53.6 Å². The van der Waals surface area contributed by atoms with E-state index in [4.69, 9.17) is 0 Å². The van der Waals surface area contributed by atoms with Crippen molar-refractivity contribution in [3.63, 3.8) is 0 Å². The number of rotatable bonds is 5. The molecule has 29 heavy (non-hydrogen) atoms. The average Bonchev–Trinajstić information content (AvgIpc) is 3.37. The van der Waals surface area contributed by atoms with Gasteiger partial charge in [-0.25, -0.2) is 8.42 Å². The van der Waals surface area contributed by atoms with Crippen molar-refractivity contribution in [1.29, 1.82) is 0 Å². The Hall–Kier alpha value is -2.67. The van der Waals surface area contributed by atoms with Gasteiger partial charge in [0, 0.05) is 23.7 Å². The Bertz CT molecular complexity index is 1050. The first kappa shape index (κ1) is 19.6. The first-order valence-corrected chi connectivity index (χ1v) is 11.4. The summed E-state index contributed by atoms with van der Waals surface area (Å²) in [6, 6.07) is 11.2. The molecule has 2 aromatic rings. The molecule has 1 saturated carbocycles. The third kappa shape index (κ3) is 3.92. The zero-order chi connectivity index (χ0) is 20.6. The first-order valence-electron chi connectivity index (χ1n) is 9.93. The molecule has 152 valence electrons. The fourth-order valence-electron chi connectivity index (χ4n) is 4.15. The molecule has 0 bridgehead atoms. The Morgan fingerprint density at radius 1 is 1.03 bits per heavy atom. The molecule has 0 radical (unpaired) electrons. The van der Waals surface area contributed by atoms with Crippen LogP contribution in [0.25, 0.3) is 0 Å². The fourth-order valence-corrected chi connectivity index (χ4v) is 5.20. The molecule has 1 fully saturated rings. The van der Waals surface area contributed by atoms with E-state index >= 15 is 0 Å². The van der Waals surface area contributed by atoms with Crippen LogP contribution in [0, 0.1) is 5.92 Å². The van der Waals surface area contributed by atoms with Crippen LogP contribution in [0.1, 0.15) is 48.5 Å². The smallest absolute Gasteiger partial charge is 0.261 e. The quantitative estimate of drug-likeness (QED) is 0.758. The van der Waals surface area contributed by atoms with E-state index in [0.717, 1.165) is 43.4 Å². The predicted octanol–water partition coefficient (Wildman–Crippen LogP) is 3.77. The number of benzene rings is 2. The van der Waals surface area contributed by atoms with Gasteiger partial charge in [-0.05, 0) is 56.0 Å². The molecule has 1 aliphatic carbocycles. The van der Waals surface area contributed by atoms with E-state index in [1.165, 1.54) is 31.2 Å². The Morgan fingerprint density at radius 3 is 2.38 bits per heavy atom. The topological polar surface area (TPSA) is 83.6 Å². The second-order valence-electron chi connectivity index (χ2n) is 7.75. The van der Waals surface area contributed by atoms with Gasteiger partial charge in [-0.3, -0.25) is 14.3 Å². The molecule has 1 amide bonds. The lowest BCUT2D eigenvalue weighted by Gasteiger charge is -2.22. The van der Waals surface area contributed by atoms with Crippen LogP contribution in [0.3, 0.4) is 0 Å². The number of carbonyl (C=O) groups excluding carboxylic acids is 2. The summed E-state index contributed by atoms with van der Waals surface area (Å²) in [5.74, 6) is 0.120.